The Labute approximate surface area is 112 Å². The molecule has 100 valence electrons. The second-order valence-electron chi connectivity index (χ2n) is 4.29. The predicted molar refractivity (Wildman–Crippen MR) is 73.2 cm³/mol. The summed E-state index contributed by atoms with van der Waals surface area (Å²) in [5.74, 6) is 6.12. The molecule has 0 saturated carbocycles. The molecule has 0 aromatic heterocycles. The molecule has 0 amide bonds. The zero-order chi connectivity index (χ0) is 13.7. The van der Waals surface area contributed by atoms with E-state index in [1.807, 2.05) is 30.3 Å². The highest BCUT2D eigenvalue weighted by Crippen LogP contribution is 2.24. The molecule has 2 rings (SSSR count). The average molecular weight is 260 g/mol. The number of hydrogen-bond donors (Lipinski definition) is 2. The van der Waals surface area contributed by atoms with Crippen molar-refractivity contribution < 1.29 is 9.13 Å². The number of hydrogen-bond acceptors (Lipinski definition) is 3. The van der Waals surface area contributed by atoms with Gasteiger partial charge in [0, 0.05) is 0 Å². The molecule has 1 atom stereocenters. The van der Waals surface area contributed by atoms with Gasteiger partial charge in [-0.05, 0) is 35.7 Å². The second-order valence-corrected chi connectivity index (χ2v) is 4.29. The van der Waals surface area contributed by atoms with Crippen LogP contribution in [0, 0.1) is 5.82 Å². The van der Waals surface area contributed by atoms with Crippen molar-refractivity contribution in [1.82, 2.24) is 5.43 Å². The Morgan fingerprint density at radius 3 is 2.68 bits per heavy atom. The number of hydrazine groups is 1. The zero-order valence-corrected chi connectivity index (χ0v) is 10.8. The minimum Gasteiger partial charge on any atom is -0.496 e. The minimum atomic E-state index is -0.266. The lowest BCUT2D eigenvalue weighted by Crippen LogP contribution is -2.29. The molecule has 0 heterocycles. The van der Waals surface area contributed by atoms with Crippen LogP contribution < -0.4 is 16.0 Å². The standard InChI is InChI=1S/C15H17FN2O/c1-19-15-8-3-2-5-12(15)10-14(18-17)11-6-4-7-13(16)9-11/h2-9,14,18H,10,17H2,1H3. The Morgan fingerprint density at radius 2 is 2.00 bits per heavy atom. The van der Waals surface area contributed by atoms with Crippen LogP contribution in [0.2, 0.25) is 0 Å². The Balaban J connectivity index is 2.24. The quantitative estimate of drug-likeness (QED) is 0.641. The number of nitrogens with one attached hydrogen (secondary N) is 1. The number of benzene rings is 2. The fourth-order valence-electron chi connectivity index (χ4n) is 2.09. The van der Waals surface area contributed by atoms with E-state index < -0.39 is 0 Å². The van der Waals surface area contributed by atoms with Crippen LogP contribution in [0.3, 0.4) is 0 Å². The molecule has 0 aliphatic heterocycles. The molecule has 1 unspecified atom stereocenters. The molecule has 0 bridgehead atoms. The molecule has 0 aliphatic rings. The van der Waals surface area contributed by atoms with E-state index in [9.17, 15) is 4.39 Å². The number of methoxy groups -OCH3 is 1. The molecule has 3 N–H and O–H groups in total. The van der Waals surface area contributed by atoms with Crippen molar-refractivity contribution in [3.63, 3.8) is 0 Å². The summed E-state index contributed by atoms with van der Waals surface area (Å²) in [6, 6.07) is 14.0. The number of halogens is 1. The lowest BCUT2D eigenvalue weighted by molar-refractivity contribution is 0.405. The van der Waals surface area contributed by atoms with E-state index in [1.54, 1.807) is 13.2 Å². The summed E-state index contributed by atoms with van der Waals surface area (Å²) in [7, 11) is 1.63. The van der Waals surface area contributed by atoms with Gasteiger partial charge in [0.25, 0.3) is 0 Å². The van der Waals surface area contributed by atoms with Gasteiger partial charge in [-0.25, -0.2) is 4.39 Å². The maximum Gasteiger partial charge on any atom is 0.123 e. The van der Waals surface area contributed by atoms with Gasteiger partial charge in [-0.2, -0.15) is 0 Å². The summed E-state index contributed by atoms with van der Waals surface area (Å²) in [5, 5.41) is 0. The lowest BCUT2D eigenvalue weighted by Gasteiger charge is -2.18. The molecule has 2 aromatic rings. The average Bonchev–Trinajstić information content (AvgIpc) is 2.45. The third-order valence-electron chi connectivity index (χ3n) is 3.07. The van der Waals surface area contributed by atoms with Crippen LogP contribution in [-0.2, 0) is 6.42 Å². The molecule has 0 saturated heterocycles. The van der Waals surface area contributed by atoms with Gasteiger partial charge in [0.05, 0.1) is 13.2 Å². The first-order chi connectivity index (χ1) is 9.24. The van der Waals surface area contributed by atoms with Crippen molar-refractivity contribution >= 4 is 0 Å². The lowest BCUT2D eigenvalue weighted by atomic mass is 9.99. The van der Waals surface area contributed by atoms with Crippen molar-refractivity contribution in [2.45, 2.75) is 12.5 Å². The third kappa shape index (κ3) is 3.30. The first-order valence-electron chi connectivity index (χ1n) is 6.08. The van der Waals surface area contributed by atoms with Gasteiger partial charge in [-0.3, -0.25) is 11.3 Å². The summed E-state index contributed by atoms with van der Waals surface area (Å²) in [5.41, 5.74) is 4.56. The molecule has 0 fully saturated rings. The van der Waals surface area contributed by atoms with E-state index in [0.717, 1.165) is 16.9 Å². The summed E-state index contributed by atoms with van der Waals surface area (Å²) in [4.78, 5) is 0. The van der Waals surface area contributed by atoms with E-state index in [1.165, 1.54) is 12.1 Å². The second kappa shape index (κ2) is 6.31. The third-order valence-corrected chi connectivity index (χ3v) is 3.07. The van der Waals surface area contributed by atoms with Gasteiger partial charge in [0.2, 0.25) is 0 Å². The number of ether oxygens (including phenoxy) is 1. The van der Waals surface area contributed by atoms with Crippen molar-refractivity contribution in [3.05, 3.63) is 65.5 Å². The molecule has 3 nitrogen and oxygen atoms in total. The topological polar surface area (TPSA) is 47.3 Å². The van der Waals surface area contributed by atoms with Crippen LogP contribution in [0.4, 0.5) is 4.39 Å². The largest absolute Gasteiger partial charge is 0.496 e. The summed E-state index contributed by atoms with van der Waals surface area (Å²) >= 11 is 0. The van der Waals surface area contributed by atoms with Crippen LogP contribution in [0.25, 0.3) is 0 Å². The molecule has 4 heteroatoms. The number of para-hydroxylation sites is 1. The Kier molecular flexibility index (Phi) is 4.49. The molecule has 0 aliphatic carbocycles. The monoisotopic (exact) mass is 260 g/mol. The van der Waals surface area contributed by atoms with E-state index in [-0.39, 0.29) is 11.9 Å². The molecule has 2 aromatic carbocycles. The molecule has 0 spiro atoms. The van der Waals surface area contributed by atoms with E-state index in [4.69, 9.17) is 10.6 Å². The van der Waals surface area contributed by atoms with Crippen molar-refractivity contribution in [2.75, 3.05) is 7.11 Å². The van der Waals surface area contributed by atoms with Gasteiger partial charge < -0.3 is 4.74 Å². The van der Waals surface area contributed by atoms with Gasteiger partial charge in [0.1, 0.15) is 11.6 Å². The highest BCUT2D eigenvalue weighted by atomic mass is 19.1. The van der Waals surface area contributed by atoms with Crippen LogP contribution in [0.15, 0.2) is 48.5 Å². The minimum absolute atomic E-state index is 0.160. The van der Waals surface area contributed by atoms with Crippen LogP contribution in [0.1, 0.15) is 17.2 Å². The highest BCUT2D eigenvalue weighted by molar-refractivity contribution is 5.35. The van der Waals surface area contributed by atoms with Crippen LogP contribution in [0.5, 0.6) is 5.75 Å². The van der Waals surface area contributed by atoms with E-state index >= 15 is 0 Å². The van der Waals surface area contributed by atoms with Gasteiger partial charge >= 0.3 is 0 Å². The SMILES string of the molecule is COc1ccccc1CC(NN)c1cccc(F)c1. The normalized spacial score (nSPS) is 12.2. The molecule has 0 radical (unpaired) electrons. The van der Waals surface area contributed by atoms with Gasteiger partial charge in [-0.1, -0.05) is 30.3 Å². The highest BCUT2D eigenvalue weighted by Gasteiger charge is 2.13. The fraction of sp³-hybridized carbons (Fsp3) is 0.200. The predicted octanol–water partition coefficient (Wildman–Crippen LogP) is 2.58. The fourth-order valence-corrected chi connectivity index (χ4v) is 2.09. The first kappa shape index (κ1) is 13.5. The van der Waals surface area contributed by atoms with Crippen LogP contribution in [-0.4, -0.2) is 7.11 Å². The van der Waals surface area contributed by atoms with E-state index in [0.29, 0.717) is 6.42 Å². The summed E-state index contributed by atoms with van der Waals surface area (Å²) in [6.45, 7) is 0. The van der Waals surface area contributed by atoms with Gasteiger partial charge in [-0.15, -0.1) is 0 Å². The smallest absolute Gasteiger partial charge is 0.123 e. The molecular formula is C15H17FN2O. The van der Waals surface area contributed by atoms with E-state index in [2.05, 4.69) is 5.43 Å². The maximum atomic E-state index is 13.3. The molecular weight excluding hydrogens is 243 g/mol. The van der Waals surface area contributed by atoms with Crippen LogP contribution >= 0.6 is 0 Å². The number of nitrogens with two attached hydrogens (primary N) is 1. The van der Waals surface area contributed by atoms with Crippen molar-refractivity contribution in [2.24, 2.45) is 5.84 Å². The first-order valence-corrected chi connectivity index (χ1v) is 6.08. The summed E-state index contributed by atoms with van der Waals surface area (Å²) < 4.78 is 18.6. The maximum absolute atomic E-state index is 13.3. The van der Waals surface area contributed by atoms with Crippen molar-refractivity contribution in [3.8, 4) is 5.75 Å². The molecule has 19 heavy (non-hydrogen) atoms. The van der Waals surface area contributed by atoms with Gasteiger partial charge in [0.15, 0.2) is 0 Å². The summed E-state index contributed by atoms with van der Waals surface area (Å²) in [6.07, 6.45) is 0.629. The Hall–Kier alpha value is -1.91. The zero-order valence-electron chi connectivity index (χ0n) is 10.8. The Morgan fingerprint density at radius 1 is 1.21 bits per heavy atom. The number of rotatable bonds is 5. The van der Waals surface area contributed by atoms with Crippen molar-refractivity contribution in [1.29, 1.82) is 0 Å². The Bertz CT molecular complexity index is 545.